The maximum Gasteiger partial charge on any atom is 0.231 e. The molecule has 108 valence electrons. The second kappa shape index (κ2) is 4.69. The Morgan fingerprint density at radius 3 is 2.90 bits per heavy atom. The molecular formula is C11H14N4O4S. The predicted molar refractivity (Wildman–Crippen MR) is 69.7 cm³/mol. The SMILES string of the molecule is NS(=O)(=O)CC1(COc2ccc3nccn3n2)COC1. The molecular weight excluding hydrogens is 284 g/mol. The van der Waals surface area contributed by atoms with E-state index < -0.39 is 15.4 Å². The van der Waals surface area contributed by atoms with Crippen LogP contribution in [-0.4, -0.2) is 48.6 Å². The number of hydrogen-bond acceptors (Lipinski definition) is 6. The molecule has 1 aliphatic rings. The maximum absolute atomic E-state index is 11.2. The molecule has 1 saturated heterocycles. The summed E-state index contributed by atoms with van der Waals surface area (Å²) in [6.45, 7) is 0.824. The molecule has 3 rings (SSSR count). The Labute approximate surface area is 115 Å². The van der Waals surface area contributed by atoms with Crippen molar-refractivity contribution < 1.29 is 17.9 Å². The molecule has 0 unspecified atom stereocenters. The van der Waals surface area contributed by atoms with Gasteiger partial charge in [-0.1, -0.05) is 0 Å². The van der Waals surface area contributed by atoms with Gasteiger partial charge in [0, 0.05) is 18.5 Å². The highest BCUT2D eigenvalue weighted by Gasteiger charge is 2.43. The van der Waals surface area contributed by atoms with E-state index >= 15 is 0 Å². The number of fused-ring (bicyclic) bond motifs is 1. The molecule has 2 N–H and O–H groups in total. The van der Waals surface area contributed by atoms with Crippen molar-refractivity contribution in [1.82, 2.24) is 14.6 Å². The van der Waals surface area contributed by atoms with Crippen LogP contribution in [0.15, 0.2) is 24.5 Å². The molecule has 8 nitrogen and oxygen atoms in total. The van der Waals surface area contributed by atoms with Crippen molar-refractivity contribution in [2.75, 3.05) is 25.6 Å². The van der Waals surface area contributed by atoms with Crippen LogP contribution in [0.25, 0.3) is 5.65 Å². The zero-order valence-corrected chi connectivity index (χ0v) is 11.4. The highest BCUT2D eigenvalue weighted by molar-refractivity contribution is 7.89. The lowest BCUT2D eigenvalue weighted by Gasteiger charge is -2.39. The van der Waals surface area contributed by atoms with E-state index in [0.29, 0.717) is 24.7 Å². The lowest BCUT2D eigenvalue weighted by molar-refractivity contribution is -0.118. The smallest absolute Gasteiger partial charge is 0.231 e. The van der Waals surface area contributed by atoms with Crippen LogP contribution in [0.2, 0.25) is 0 Å². The molecule has 0 atom stereocenters. The van der Waals surface area contributed by atoms with Gasteiger partial charge in [-0.2, -0.15) is 0 Å². The van der Waals surface area contributed by atoms with Gasteiger partial charge in [-0.25, -0.2) is 23.1 Å². The van der Waals surface area contributed by atoms with E-state index in [0.717, 1.165) is 0 Å². The molecule has 0 aliphatic carbocycles. The van der Waals surface area contributed by atoms with Crippen molar-refractivity contribution in [3.8, 4) is 5.88 Å². The summed E-state index contributed by atoms with van der Waals surface area (Å²) in [4.78, 5) is 4.07. The van der Waals surface area contributed by atoms with Gasteiger partial charge in [0.25, 0.3) is 0 Å². The van der Waals surface area contributed by atoms with Gasteiger partial charge in [0.15, 0.2) is 5.65 Å². The van der Waals surface area contributed by atoms with Gasteiger partial charge in [0.05, 0.1) is 24.4 Å². The highest BCUT2D eigenvalue weighted by Crippen LogP contribution is 2.29. The van der Waals surface area contributed by atoms with E-state index in [1.165, 1.54) is 0 Å². The van der Waals surface area contributed by atoms with Crippen molar-refractivity contribution in [2.24, 2.45) is 10.6 Å². The third-order valence-electron chi connectivity index (χ3n) is 3.08. The quantitative estimate of drug-likeness (QED) is 0.790. The fraction of sp³-hybridized carbons (Fsp3) is 0.455. The molecule has 20 heavy (non-hydrogen) atoms. The topological polar surface area (TPSA) is 109 Å². The van der Waals surface area contributed by atoms with Gasteiger partial charge < -0.3 is 9.47 Å². The molecule has 0 aromatic carbocycles. The number of aromatic nitrogens is 3. The van der Waals surface area contributed by atoms with Gasteiger partial charge >= 0.3 is 0 Å². The normalized spacial score (nSPS) is 17.9. The summed E-state index contributed by atoms with van der Waals surface area (Å²) in [6, 6.07) is 3.46. The first-order valence-electron chi connectivity index (χ1n) is 5.97. The summed E-state index contributed by atoms with van der Waals surface area (Å²) in [5.74, 6) is 0.240. The van der Waals surface area contributed by atoms with Crippen LogP contribution >= 0.6 is 0 Å². The van der Waals surface area contributed by atoms with Crippen molar-refractivity contribution in [3.63, 3.8) is 0 Å². The molecule has 9 heteroatoms. The summed E-state index contributed by atoms with van der Waals surface area (Å²) in [7, 11) is -3.57. The number of ether oxygens (including phenoxy) is 2. The van der Waals surface area contributed by atoms with Crippen LogP contribution in [0.4, 0.5) is 0 Å². The lowest BCUT2D eigenvalue weighted by Crippen LogP contribution is -2.52. The molecule has 3 heterocycles. The van der Waals surface area contributed by atoms with E-state index in [-0.39, 0.29) is 12.4 Å². The summed E-state index contributed by atoms with van der Waals surface area (Å²) < 4.78 is 34.7. The standard InChI is InChI=1S/C11H14N4O4S/c12-20(16,17)8-11(5-18-6-11)7-19-10-2-1-9-13-3-4-15(9)14-10/h1-4H,5-8H2,(H2,12,16,17). The van der Waals surface area contributed by atoms with Crippen LogP contribution in [0.1, 0.15) is 0 Å². The summed E-state index contributed by atoms with van der Waals surface area (Å²) >= 11 is 0. The average molecular weight is 298 g/mol. The molecule has 0 amide bonds. The highest BCUT2D eigenvalue weighted by atomic mass is 32.2. The van der Waals surface area contributed by atoms with E-state index in [4.69, 9.17) is 14.6 Å². The minimum atomic E-state index is -3.57. The minimum absolute atomic E-state index is 0.159. The second-order valence-corrected chi connectivity index (χ2v) is 6.60. The van der Waals surface area contributed by atoms with Crippen molar-refractivity contribution in [3.05, 3.63) is 24.5 Å². The number of nitrogens with zero attached hydrogens (tertiary/aromatic N) is 3. The minimum Gasteiger partial charge on any atom is -0.476 e. The monoisotopic (exact) mass is 298 g/mol. The number of rotatable bonds is 5. The Kier molecular flexibility index (Phi) is 3.11. The van der Waals surface area contributed by atoms with E-state index in [1.807, 2.05) is 0 Å². The van der Waals surface area contributed by atoms with Crippen molar-refractivity contribution >= 4 is 15.7 Å². The number of primary sulfonamides is 1. The summed E-state index contributed by atoms with van der Waals surface area (Å²) in [6.07, 6.45) is 3.34. The third kappa shape index (κ3) is 2.74. The third-order valence-corrected chi connectivity index (χ3v) is 4.10. The maximum atomic E-state index is 11.2. The van der Waals surface area contributed by atoms with Crippen LogP contribution in [0, 0.1) is 5.41 Å². The Bertz CT molecular complexity index is 723. The molecule has 0 spiro atoms. The van der Waals surface area contributed by atoms with E-state index in [1.54, 1.807) is 29.0 Å². The van der Waals surface area contributed by atoms with Gasteiger partial charge in [-0.3, -0.25) is 0 Å². The summed E-state index contributed by atoms with van der Waals surface area (Å²) in [5, 5.41) is 9.30. The van der Waals surface area contributed by atoms with Crippen molar-refractivity contribution in [1.29, 1.82) is 0 Å². The Morgan fingerprint density at radius 2 is 2.25 bits per heavy atom. The van der Waals surface area contributed by atoms with Gasteiger partial charge in [0.1, 0.15) is 6.61 Å². The van der Waals surface area contributed by atoms with Crippen LogP contribution in [-0.2, 0) is 14.8 Å². The fourth-order valence-corrected chi connectivity index (χ4v) is 3.23. The number of nitrogens with two attached hydrogens (primary N) is 1. The molecule has 1 fully saturated rings. The molecule has 2 aromatic rings. The van der Waals surface area contributed by atoms with Crippen LogP contribution < -0.4 is 9.88 Å². The van der Waals surface area contributed by atoms with E-state index in [2.05, 4.69) is 10.1 Å². The zero-order chi connectivity index (χ0) is 14.2. The molecule has 0 radical (unpaired) electrons. The Balaban J connectivity index is 1.71. The van der Waals surface area contributed by atoms with E-state index in [9.17, 15) is 8.42 Å². The number of hydrogen-bond donors (Lipinski definition) is 1. The fourth-order valence-electron chi connectivity index (χ4n) is 2.13. The first-order valence-corrected chi connectivity index (χ1v) is 7.69. The van der Waals surface area contributed by atoms with Gasteiger partial charge in [0.2, 0.25) is 15.9 Å². The first kappa shape index (κ1) is 13.3. The largest absolute Gasteiger partial charge is 0.476 e. The van der Waals surface area contributed by atoms with Gasteiger partial charge in [-0.05, 0) is 6.07 Å². The van der Waals surface area contributed by atoms with Crippen LogP contribution in [0.5, 0.6) is 5.88 Å². The average Bonchev–Trinajstić information content (AvgIpc) is 2.78. The number of imidazole rings is 1. The predicted octanol–water partition coefficient (Wildman–Crippen LogP) is -0.587. The van der Waals surface area contributed by atoms with Gasteiger partial charge in [-0.15, -0.1) is 5.10 Å². The number of sulfonamides is 1. The van der Waals surface area contributed by atoms with Crippen LogP contribution in [0.3, 0.4) is 0 Å². The zero-order valence-electron chi connectivity index (χ0n) is 10.6. The molecule has 1 aliphatic heterocycles. The Morgan fingerprint density at radius 1 is 1.45 bits per heavy atom. The molecule has 2 aromatic heterocycles. The Hall–Kier alpha value is -1.71. The first-order chi connectivity index (χ1) is 9.46. The van der Waals surface area contributed by atoms with Crippen molar-refractivity contribution in [2.45, 2.75) is 0 Å². The lowest BCUT2D eigenvalue weighted by atomic mass is 9.90. The second-order valence-electron chi connectivity index (χ2n) is 4.99. The molecule has 0 saturated carbocycles. The molecule has 0 bridgehead atoms. The summed E-state index contributed by atoms with van der Waals surface area (Å²) in [5.41, 5.74) is 0.127.